The predicted molar refractivity (Wildman–Crippen MR) is 52.2 cm³/mol. The second-order valence-corrected chi connectivity index (χ2v) is 3.33. The largest absolute Gasteiger partial charge is 0.463 e. The molecule has 1 N–H and O–H groups in total. The van der Waals surface area contributed by atoms with Crippen molar-refractivity contribution in [2.24, 2.45) is 0 Å². The summed E-state index contributed by atoms with van der Waals surface area (Å²) < 4.78 is 14.7. The van der Waals surface area contributed by atoms with Crippen LogP contribution in [0.2, 0.25) is 0 Å². The van der Waals surface area contributed by atoms with Gasteiger partial charge in [-0.05, 0) is 12.2 Å². The van der Waals surface area contributed by atoms with E-state index in [1.54, 1.807) is 0 Å². The average molecular weight is 230 g/mol. The van der Waals surface area contributed by atoms with Gasteiger partial charge in [0, 0.05) is 13.8 Å². The summed E-state index contributed by atoms with van der Waals surface area (Å²) in [5.74, 6) is -0.934. The molecule has 1 aliphatic heterocycles. The molecule has 1 unspecified atom stereocenters. The van der Waals surface area contributed by atoms with Crippen LogP contribution in [0.4, 0.5) is 0 Å². The number of ether oxygens (including phenoxy) is 3. The topological polar surface area (TPSA) is 82.1 Å². The van der Waals surface area contributed by atoms with Gasteiger partial charge in [0.15, 0.2) is 6.29 Å². The molecule has 1 rings (SSSR count). The van der Waals surface area contributed by atoms with Crippen LogP contribution in [0.25, 0.3) is 0 Å². The highest BCUT2D eigenvalue weighted by molar-refractivity contribution is 5.66. The SMILES string of the molecule is CC(=O)OCC1O[C@@H](O)C=C[C@@H]1OC(C)=O. The highest BCUT2D eigenvalue weighted by Gasteiger charge is 2.29. The van der Waals surface area contributed by atoms with Crippen LogP contribution in [0, 0.1) is 0 Å². The zero-order valence-electron chi connectivity index (χ0n) is 9.08. The molecule has 3 atom stereocenters. The third-order valence-electron chi connectivity index (χ3n) is 1.90. The fourth-order valence-electron chi connectivity index (χ4n) is 1.27. The van der Waals surface area contributed by atoms with E-state index in [2.05, 4.69) is 0 Å². The van der Waals surface area contributed by atoms with Gasteiger partial charge in [-0.1, -0.05) is 0 Å². The molecule has 0 aromatic carbocycles. The monoisotopic (exact) mass is 230 g/mol. The lowest BCUT2D eigenvalue weighted by molar-refractivity contribution is -0.183. The van der Waals surface area contributed by atoms with Gasteiger partial charge in [0.25, 0.3) is 0 Å². The molecule has 6 heteroatoms. The van der Waals surface area contributed by atoms with E-state index in [9.17, 15) is 14.7 Å². The van der Waals surface area contributed by atoms with Gasteiger partial charge >= 0.3 is 11.9 Å². The number of esters is 2. The van der Waals surface area contributed by atoms with E-state index >= 15 is 0 Å². The summed E-state index contributed by atoms with van der Waals surface area (Å²) in [5.41, 5.74) is 0. The Morgan fingerprint density at radius 2 is 2.00 bits per heavy atom. The van der Waals surface area contributed by atoms with E-state index in [1.807, 2.05) is 0 Å². The van der Waals surface area contributed by atoms with E-state index in [0.29, 0.717) is 0 Å². The van der Waals surface area contributed by atoms with Crippen molar-refractivity contribution in [3.8, 4) is 0 Å². The molecule has 0 fully saturated rings. The van der Waals surface area contributed by atoms with Crippen molar-refractivity contribution in [3.63, 3.8) is 0 Å². The summed E-state index contributed by atoms with van der Waals surface area (Å²) in [5, 5.41) is 9.21. The Balaban J connectivity index is 2.58. The van der Waals surface area contributed by atoms with Crippen molar-refractivity contribution in [2.75, 3.05) is 6.61 Å². The molecule has 6 nitrogen and oxygen atoms in total. The Morgan fingerprint density at radius 3 is 2.56 bits per heavy atom. The van der Waals surface area contributed by atoms with Gasteiger partial charge in [0.1, 0.15) is 18.8 Å². The van der Waals surface area contributed by atoms with Crippen molar-refractivity contribution in [3.05, 3.63) is 12.2 Å². The minimum atomic E-state index is -1.08. The number of rotatable bonds is 3. The molecule has 0 aromatic rings. The summed E-state index contributed by atoms with van der Waals surface area (Å²) >= 11 is 0. The second-order valence-electron chi connectivity index (χ2n) is 3.33. The van der Waals surface area contributed by atoms with Gasteiger partial charge in [0.2, 0.25) is 0 Å². The Hall–Kier alpha value is -1.40. The third kappa shape index (κ3) is 4.00. The van der Waals surface area contributed by atoms with Crippen molar-refractivity contribution < 1.29 is 28.9 Å². The lowest BCUT2D eigenvalue weighted by Crippen LogP contribution is -2.41. The van der Waals surface area contributed by atoms with E-state index in [1.165, 1.54) is 26.0 Å². The zero-order chi connectivity index (χ0) is 12.1. The van der Waals surface area contributed by atoms with Crippen molar-refractivity contribution >= 4 is 11.9 Å². The first-order valence-corrected chi connectivity index (χ1v) is 4.81. The first kappa shape index (κ1) is 12.7. The molecule has 1 heterocycles. The fourth-order valence-corrected chi connectivity index (χ4v) is 1.27. The smallest absolute Gasteiger partial charge is 0.303 e. The predicted octanol–water partition coefficient (Wildman–Crippen LogP) is -0.245. The maximum Gasteiger partial charge on any atom is 0.303 e. The van der Waals surface area contributed by atoms with Crippen LogP contribution in [0.5, 0.6) is 0 Å². The van der Waals surface area contributed by atoms with Crippen LogP contribution < -0.4 is 0 Å². The summed E-state index contributed by atoms with van der Waals surface area (Å²) in [6, 6.07) is 0. The van der Waals surface area contributed by atoms with Crippen LogP contribution >= 0.6 is 0 Å². The van der Waals surface area contributed by atoms with Gasteiger partial charge in [-0.15, -0.1) is 0 Å². The minimum Gasteiger partial charge on any atom is -0.463 e. The van der Waals surface area contributed by atoms with Crippen molar-refractivity contribution in [1.82, 2.24) is 0 Å². The molecule has 0 spiro atoms. The second kappa shape index (κ2) is 5.62. The molecule has 90 valence electrons. The minimum absolute atomic E-state index is 0.0747. The maximum absolute atomic E-state index is 10.8. The van der Waals surface area contributed by atoms with Gasteiger partial charge in [-0.2, -0.15) is 0 Å². The van der Waals surface area contributed by atoms with Crippen LogP contribution in [0.3, 0.4) is 0 Å². The van der Waals surface area contributed by atoms with Crippen LogP contribution in [0.15, 0.2) is 12.2 Å². The quantitative estimate of drug-likeness (QED) is 0.532. The van der Waals surface area contributed by atoms with Gasteiger partial charge in [0.05, 0.1) is 0 Å². The maximum atomic E-state index is 10.8. The van der Waals surface area contributed by atoms with Gasteiger partial charge < -0.3 is 19.3 Å². The van der Waals surface area contributed by atoms with Gasteiger partial charge in [-0.3, -0.25) is 9.59 Å². The zero-order valence-corrected chi connectivity index (χ0v) is 9.08. The van der Waals surface area contributed by atoms with E-state index in [4.69, 9.17) is 14.2 Å². The molecule has 0 radical (unpaired) electrons. The lowest BCUT2D eigenvalue weighted by Gasteiger charge is -2.29. The Kier molecular flexibility index (Phi) is 4.45. The first-order valence-electron chi connectivity index (χ1n) is 4.81. The summed E-state index contributed by atoms with van der Waals surface area (Å²) in [6.07, 6.45) is 0.446. The number of hydrogen-bond donors (Lipinski definition) is 1. The highest BCUT2D eigenvalue weighted by atomic mass is 16.6. The number of carbonyl (C=O) groups is 2. The molecule has 0 bridgehead atoms. The number of aliphatic hydroxyl groups is 1. The molecular weight excluding hydrogens is 216 g/mol. The molecule has 0 aliphatic carbocycles. The molecule has 0 saturated heterocycles. The average Bonchev–Trinajstić information content (AvgIpc) is 2.17. The Bertz CT molecular complexity index is 298. The van der Waals surface area contributed by atoms with E-state index in [-0.39, 0.29) is 6.61 Å². The van der Waals surface area contributed by atoms with Crippen molar-refractivity contribution in [1.29, 1.82) is 0 Å². The normalized spacial score (nSPS) is 28.6. The molecule has 16 heavy (non-hydrogen) atoms. The van der Waals surface area contributed by atoms with Crippen LogP contribution in [0.1, 0.15) is 13.8 Å². The number of aliphatic hydroxyl groups excluding tert-OH is 1. The Morgan fingerprint density at radius 1 is 1.31 bits per heavy atom. The van der Waals surface area contributed by atoms with E-state index in [0.717, 1.165) is 0 Å². The van der Waals surface area contributed by atoms with Crippen molar-refractivity contribution in [2.45, 2.75) is 32.3 Å². The number of carbonyl (C=O) groups excluding carboxylic acids is 2. The standard InChI is InChI=1S/C10H14O6/c1-6(11)14-5-9-8(15-7(2)12)3-4-10(13)16-9/h3-4,8-10,13H,5H2,1-2H3/t8-,9?,10+/m0/s1. The lowest BCUT2D eigenvalue weighted by atomic mass is 10.1. The molecule has 1 aliphatic rings. The van der Waals surface area contributed by atoms with E-state index < -0.39 is 30.4 Å². The van der Waals surface area contributed by atoms with Gasteiger partial charge in [-0.25, -0.2) is 0 Å². The van der Waals surface area contributed by atoms with Crippen LogP contribution in [-0.4, -0.2) is 42.1 Å². The highest BCUT2D eigenvalue weighted by Crippen LogP contribution is 2.15. The molecule has 0 aromatic heterocycles. The summed E-state index contributed by atoms with van der Waals surface area (Å²) in [7, 11) is 0. The third-order valence-corrected chi connectivity index (χ3v) is 1.90. The molecule has 0 amide bonds. The molecule has 0 saturated carbocycles. The summed E-state index contributed by atoms with van der Waals surface area (Å²) in [6.45, 7) is 2.45. The van der Waals surface area contributed by atoms with Crippen LogP contribution in [-0.2, 0) is 23.8 Å². The summed E-state index contributed by atoms with van der Waals surface area (Å²) in [4.78, 5) is 21.4. The molecular formula is C10H14O6. The fraction of sp³-hybridized carbons (Fsp3) is 0.600. The first-order chi connectivity index (χ1) is 7.49. The Labute approximate surface area is 92.8 Å². The number of hydrogen-bond acceptors (Lipinski definition) is 6.